The molecule has 2 rings (SSSR count). The SMILES string of the molecule is Nc1cc2c(cc1NCCOCC(F)F)CCC(=O)N2. The highest BCUT2D eigenvalue weighted by molar-refractivity contribution is 5.95. The molecule has 7 heteroatoms. The molecular formula is C13H17F2N3O2. The summed E-state index contributed by atoms with van der Waals surface area (Å²) in [6, 6.07) is 3.58. The van der Waals surface area contributed by atoms with Crippen LogP contribution >= 0.6 is 0 Å². The van der Waals surface area contributed by atoms with E-state index in [9.17, 15) is 13.6 Å². The molecule has 110 valence electrons. The molecule has 1 heterocycles. The molecule has 0 radical (unpaired) electrons. The van der Waals surface area contributed by atoms with Gasteiger partial charge in [0.2, 0.25) is 5.91 Å². The van der Waals surface area contributed by atoms with Crippen molar-refractivity contribution in [3.63, 3.8) is 0 Å². The van der Waals surface area contributed by atoms with Crippen molar-refractivity contribution in [3.05, 3.63) is 17.7 Å². The Labute approximate surface area is 115 Å². The number of hydrogen-bond acceptors (Lipinski definition) is 4. The number of hydrogen-bond donors (Lipinski definition) is 3. The predicted octanol–water partition coefficient (Wildman–Crippen LogP) is 1.85. The van der Waals surface area contributed by atoms with Gasteiger partial charge in [0.25, 0.3) is 6.43 Å². The number of amides is 1. The zero-order valence-electron chi connectivity index (χ0n) is 10.9. The van der Waals surface area contributed by atoms with Gasteiger partial charge < -0.3 is 21.1 Å². The lowest BCUT2D eigenvalue weighted by atomic mass is 10.0. The number of carbonyl (C=O) groups is 1. The second-order valence-electron chi connectivity index (χ2n) is 4.54. The summed E-state index contributed by atoms with van der Waals surface area (Å²) in [5.74, 6) is -0.0157. The predicted molar refractivity (Wildman–Crippen MR) is 73.1 cm³/mol. The zero-order chi connectivity index (χ0) is 14.5. The summed E-state index contributed by atoms with van der Waals surface area (Å²) in [5.41, 5.74) is 8.84. The summed E-state index contributed by atoms with van der Waals surface area (Å²) >= 11 is 0. The van der Waals surface area contributed by atoms with E-state index in [1.165, 1.54) is 0 Å². The minimum Gasteiger partial charge on any atom is -0.397 e. The summed E-state index contributed by atoms with van der Waals surface area (Å²) in [7, 11) is 0. The fourth-order valence-corrected chi connectivity index (χ4v) is 2.03. The molecule has 20 heavy (non-hydrogen) atoms. The molecule has 0 bridgehead atoms. The first kappa shape index (κ1) is 14.5. The van der Waals surface area contributed by atoms with E-state index >= 15 is 0 Å². The molecule has 0 saturated carbocycles. The molecular weight excluding hydrogens is 268 g/mol. The van der Waals surface area contributed by atoms with Crippen molar-refractivity contribution in [2.24, 2.45) is 0 Å². The molecule has 4 N–H and O–H groups in total. The summed E-state index contributed by atoms with van der Waals surface area (Å²) in [5, 5.41) is 5.80. The van der Waals surface area contributed by atoms with Crippen molar-refractivity contribution in [1.82, 2.24) is 0 Å². The summed E-state index contributed by atoms with van der Waals surface area (Å²) in [6.07, 6.45) is -1.33. The molecule has 5 nitrogen and oxygen atoms in total. The van der Waals surface area contributed by atoms with Crippen LogP contribution in [0.3, 0.4) is 0 Å². The van der Waals surface area contributed by atoms with E-state index in [1.54, 1.807) is 6.07 Å². The monoisotopic (exact) mass is 285 g/mol. The van der Waals surface area contributed by atoms with Gasteiger partial charge >= 0.3 is 0 Å². The van der Waals surface area contributed by atoms with Crippen LogP contribution in [0.2, 0.25) is 0 Å². The number of halogens is 2. The van der Waals surface area contributed by atoms with Crippen LogP contribution in [0, 0.1) is 0 Å². The minimum absolute atomic E-state index is 0.0157. The van der Waals surface area contributed by atoms with Gasteiger partial charge in [0.1, 0.15) is 6.61 Å². The number of fused-ring (bicyclic) bond motifs is 1. The molecule has 0 fully saturated rings. The number of alkyl halides is 2. The Morgan fingerprint density at radius 1 is 1.40 bits per heavy atom. The first-order chi connectivity index (χ1) is 9.56. The van der Waals surface area contributed by atoms with E-state index in [-0.39, 0.29) is 12.5 Å². The number of aryl methyl sites for hydroxylation is 1. The number of benzene rings is 1. The van der Waals surface area contributed by atoms with Gasteiger partial charge in [0, 0.05) is 18.7 Å². The van der Waals surface area contributed by atoms with Crippen LogP contribution in [0.25, 0.3) is 0 Å². The van der Waals surface area contributed by atoms with Crippen molar-refractivity contribution in [2.75, 3.05) is 36.1 Å². The number of carbonyl (C=O) groups excluding carboxylic acids is 1. The summed E-state index contributed by atoms with van der Waals surface area (Å²) < 4.78 is 28.5. The number of rotatable bonds is 6. The van der Waals surface area contributed by atoms with Crippen molar-refractivity contribution >= 4 is 23.0 Å². The molecule has 0 aromatic heterocycles. The van der Waals surface area contributed by atoms with Crippen LogP contribution in [-0.2, 0) is 16.0 Å². The maximum absolute atomic E-state index is 11.9. The van der Waals surface area contributed by atoms with E-state index < -0.39 is 13.0 Å². The second kappa shape index (κ2) is 6.51. The Morgan fingerprint density at radius 2 is 2.20 bits per heavy atom. The Balaban J connectivity index is 1.90. The number of anilines is 3. The fraction of sp³-hybridized carbons (Fsp3) is 0.462. The molecule has 1 aliphatic heterocycles. The first-order valence-corrected chi connectivity index (χ1v) is 6.38. The molecule has 0 saturated heterocycles. The van der Waals surface area contributed by atoms with Crippen molar-refractivity contribution in [2.45, 2.75) is 19.3 Å². The maximum atomic E-state index is 11.9. The quantitative estimate of drug-likeness (QED) is 0.550. The molecule has 0 spiro atoms. The third-order valence-corrected chi connectivity index (χ3v) is 2.98. The average Bonchev–Trinajstić information content (AvgIpc) is 2.38. The van der Waals surface area contributed by atoms with Gasteiger partial charge in [-0.05, 0) is 24.1 Å². The second-order valence-corrected chi connectivity index (χ2v) is 4.54. The van der Waals surface area contributed by atoms with Crippen LogP contribution in [-0.4, -0.2) is 32.1 Å². The molecule has 0 aliphatic carbocycles. The van der Waals surface area contributed by atoms with Crippen LogP contribution < -0.4 is 16.4 Å². The number of nitrogens with two attached hydrogens (primary N) is 1. The first-order valence-electron chi connectivity index (χ1n) is 6.38. The normalized spacial score (nSPS) is 14.1. The van der Waals surface area contributed by atoms with Crippen LogP contribution in [0.5, 0.6) is 0 Å². The van der Waals surface area contributed by atoms with Gasteiger partial charge in [-0.2, -0.15) is 0 Å². The van der Waals surface area contributed by atoms with E-state index in [1.807, 2.05) is 6.07 Å². The maximum Gasteiger partial charge on any atom is 0.261 e. The summed E-state index contributed by atoms with van der Waals surface area (Å²) in [6.45, 7) is 0.00699. The van der Waals surface area contributed by atoms with E-state index in [2.05, 4.69) is 10.6 Å². The number of ether oxygens (including phenoxy) is 1. The van der Waals surface area contributed by atoms with Gasteiger partial charge in [0.15, 0.2) is 0 Å². The number of nitrogen functional groups attached to an aromatic ring is 1. The standard InChI is InChI=1S/C13H17F2N3O2/c14-12(15)7-20-4-3-17-11-5-8-1-2-13(19)18-10(8)6-9(11)16/h5-6,12,17H,1-4,7,16H2,(H,18,19). The molecule has 0 atom stereocenters. The lowest BCUT2D eigenvalue weighted by Gasteiger charge is -2.19. The highest BCUT2D eigenvalue weighted by Gasteiger charge is 2.16. The van der Waals surface area contributed by atoms with E-state index in [4.69, 9.17) is 10.5 Å². The molecule has 1 aromatic carbocycles. The van der Waals surface area contributed by atoms with Crippen LogP contribution in [0.4, 0.5) is 25.8 Å². The van der Waals surface area contributed by atoms with E-state index in [0.29, 0.717) is 25.1 Å². The Bertz CT molecular complexity index is 495. The smallest absolute Gasteiger partial charge is 0.261 e. The fourth-order valence-electron chi connectivity index (χ4n) is 2.03. The molecule has 0 unspecified atom stereocenters. The topological polar surface area (TPSA) is 76.4 Å². The van der Waals surface area contributed by atoms with E-state index in [0.717, 1.165) is 16.9 Å². The third-order valence-electron chi connectivity index (χ3n) is 2.98. The van der Waals surface area contributed by atoms with Crippen LogP contribution in [0.1, 0.15) is 12.0 Å². The van der Waals surface area contributed by atoms with Crippen molar-refractivity contribution in [1.29, 1.82) is 0 Å². The van der Waals surface area contributed by atoms with Crippen molar-refractivity contribution in [3.8, 4) is 0 Å². The Hall–Kier alpha value is -1.89. The molecule has 1 aliphatic rings. The lowest BCUT2D eigenvalue weighted by Crippen LogP contribution is -2.20. The van der Waals surface area contributed by atoms with Crippen LogP contribution in [0.15, 0.2) is 12.1 Å². The highest BCUT2D eigenvalue weighted by Crippen LogP contribution is 2.30. The Kier molecular flexibility index (Phi) is 4.73. The van der Waals surface area contributed by atoms with Gasteiger partial charge in [0.05, 0.1) is 18.0 Å². The van der Waals surface area contributed by atoms with Gasteiger partial charge in [-0.15, -0.1) is 0 Å². The minimum atomic E-state index is -2.45. The lowest BCUT2D eigenvalue weighted by molar-refractivity contribution is -0.116. The highest BCUT2D eigenvalue weighted by atomic mass is 19.3. The molecule has 1 aromatic rings. The van der Waals surface area contributed by atoms with Gasteiger partial charge in [-0.25, -0.2) is 8.78 Å². The number of nitrogens with one attached hydrogen (secondary N) is 2. The molecule has 1 amide bonds. The Morgan fingerprint density at radius 3 is 2.95 bits per heavy atom. The van der Waals surface area contributed by atoms with Gasteiger partial charge in [-0.3, -0.25) is 4.79 Å². The summed E-state index contributed by atoms with van der Waals surface area (Å²) in [4.78, 5) is 11.3. The zero-order valence-corrected chi connectivity index (χ0v) is 10.9. The average molecular weight is 285 g/mol. The third kappa shape index (κ3) is 3.80. The largest absolute Gasteiger partial charge is 0.397 e. The van der Waals surface area contributed by atoms with Crippen molar-refractivity contribution < 1.29 is 18.3 Å². The van der Waals surface area contributed by atoms with Gasteiger partial charge in [-0.1, -0.05) is 0 Å².